The highest BCUT2D eigenvalue weighted by atomic mass is 16.5. The van der Waals surface area contributed by atoms with Gasteiger partial charge in [-0.15, -0.1) is 0 Å². The van der Waals surface area contributed by atoms with E-state index in [0.29, 0.717) is 11.1 Å². The summed E-state index contributed by atoms with van der Waals surface area (Å²) in [7, 11) is 0. The van der Waals surface area contributed by atoms with Crippen molar-refractivity contribution in [3.05, 3.63) is 89.0 Å². The van der Waals surface area contributed by atoms with Crippen molar-refractivity contribution in [1.82, 2.24) is 5.32 Å². The predicted molar refractivity (Wildman–Crippen MR) is 114 cm³/mol. The van der Waals surface area contributed by atoms with Crippen molar-refractivity contribution in [3.8, 4) is 28.7 Å². The molecule has 30 heavy (non-hydrogen) atoms. The van der Waals surface area contributed by atoms with E-state index in [1.807, 2.05) is 24.3 Å². The highest BCUT2D eigenvalue weighted by molar-refractivity contribution is 5.79. The molecule has 0 saturated carbocycles. The van der Waals surface area contributed by atoms with Gasteiger partial charge in [0, 0.05) is 17.0 Å². The molecule has 0 heterocycles. The Morgan fingerprint density at radius 1 is 1.00 bits per heavy atom. The van der Waals surface area contributed by atoms with Crippen LogP contribution in [0, 0.1) is 11.8 Å². The zero-order valence-electron chi connectivity index (χ0n) is 16.3. The summed E-state index contributed by atoms with van der Waals surface area (Å²) in [5.41, 5.74) is 5.75. The van der Waals surface area contributed by atoms with Crippen LogP contribution >= 0.6 is 0 Å². The molecule has 0 aromatic heterocycles. The molecule has 4 rings (SSSR count). The Labute approximate surface area is 175 Å². The molecule has 0 fully saturated rings. The number of phenols is 1. The maximum absolute atomic E-state index is 12.1. The Kier molecular flexibility index (Phi) is 5.69. The van der Waals surface area contributed by atoms with Gasteiger partial charge in [-0.25, -0.2) is 4.79 Å². The quantitative estimate of drug-likeness (QED) is 0.584. The second-order valence-corrected chi connectivity index (χ2v) is 6.98. The number of hydrogen-bond acceptors (Lipinski definition) is 4. The van der Waals surface area contributed by atoms with Crippen LogP contribution in [0.15, 0.2) is 66.7 Å². The van der Waals surface area contributed by atoms with Crippen molar-refractivity contribution in [3.63, 3.8) is 0 Å². The maximum atomic E-state index is 12.1. The van der Waals surface area contributed by atoms with Crippen LogP contribution in [0.3, 0.4) is 0 Å². The Balaban J connectivity index is 1.34. The van der Waals surface area contributed by atoms with Gasteiger partial charge in [0.1, 0.15) is 12.4 Å². The van der Waals surface area contributed by atoms with Gasteiger partial charge < -0.3 is 20.3 Å². The molecule has 150 valence electrons. The van der Waals surface area contributed by atoms with Gasteiger partial charge in [-0.3, -0.25) is 0 Å². The van der Waals surface area contributed by atoms with Gasteiger partial charge >= 0.3 is 6.09 Å². The molecule has 1 aliphatic rings. The van der Waals surface area contributed by atoms with Gasteiger partial charge in [-0.1, -0.05) is 60.4 Å². The highest BCUT2D eigenvalue weighted by Crippen LogP contribution is 2.44. The fraction of sp³-hybridized carbons (Fsp3) is 0.160. The molecule has 0 spiro atoms. The number of aliphatic hydroxyl groups excluding tert-OH is 1. The smallest absolute Gasteiger partial charge is 0.407 e. The van der Waals surface area contributed by atoms with E-state index in [-0.39, 0.29) is 31.4 Å². The molecule has 0 radical (unpaired) electrons. The van der Waals surface area contributed by atoms with Crippen LogP contribution in [0.25, 0.3) is 11.1 Å². The van der Waals surface area contributed by atoms with Crippen molar-refractivity contribution >= 4 is 6.09 Å². The van der Waals surface area contributed by atoms with Crippen LogP contribution in [0.4, 0.5) is 4.79 Å². The van der Waals surface area contributed by atoms with Gasteiger partial charge in [0.25, 0.3) is 0 Å². The number of alkyl carbamates (subject to hydrolysis) is 1. The van der Waals surface area contributed by atoms with Crippen LogP contribution in [0.5, 0.6) is 5.75 Å². The number of ether oxygens (including phenoxy) is 1. The fourth-order valence-corrected chi connectivity index (χ4v) is 3.70. The number of benzene rings is 3. The lowest BCUT2D eigenvalue weighted by atomic mass is 9.98. The molecule has 0 atom stereocenters. The first-order valence-corrected chi connectivity index (χ1v) is 9.68. The third kappa shape index (κ3) is 4.00. The second-order valence-electron chi connectivity index (χ2n) is 6.98. The van der Waals surface area contributed by atoms with E-state index in [9.17, 15) is 15.0 Å². The summed E-state index contributed by atoms with van der Waals surface area (Å²) in [5.74, 6) is 5.76. The van der Waals surface area contributed by atoms with E-state index < -0.39 is 6.09 Å². The van der Waals surface area contributed by atoms with Crippen molar-refractivity contribution in [2.45, 2.75) is 12.5 Å². The molecular formula is C25H21NO4. The third-order valence-electron chi connectivity index (χ3n) is 5.15. The molecule has 1 amide bonds. The standard InChI is InChI=1S/C25H21NO4/c27-15-18-14-17(11-12-24(18)28)6-5-13-26-25(29)30-16-23-21-9-3-1-7-19(21)20-8-2-4-10-22(20)23/h1-4,7-12,14,23,27-28H,13,15-16H2,(H,26,29). The average molecular weight is 399 g/mol. The summed E-state index contributed by atoms with van der Waals surface area (Å²) in [5, 5.41) is 21.4. The van der Waals surface area contributed by atoms with Crippen LogP contribution < -0.4 is 5.32 Å². The number of aliphatic hydroxyl groups is 1. The van der Waals surface area contributed by atoms with Crippen LogP contribution in [-0.4, -0.2) is 29.5 Å². The number of nitrogens with one attached hydrogen (secondary N) is 1. The number of rotatable bonds is 4. The molecule has 3 N–H and O–H groups in total. The molecule has 0 aliphatic heterocycles. The predicted octanol–water partition coefficient (Wildman–Crippen LogP) is 3.77. The second kappa shape index (κ2) is 8.73. The summed E-state index contributed by atoms with van der Waals surface area (Å²) < 4.78 is 5.46. The average Bonchev–Trinajstić information content (AvgIpc) is 3.10. The van der Waals surface area contributed by atoms with E-state index in [4.69, 9.17) is 4.74 Å². The normalized spacial score (nSPS) is 11.8. The minimum Gasteiger partial charge on any atom is -0.508 e. The Morgan fingerprint density at radius 2 is 1.67 bits per heavy atom. The number of hydrogen-bond donors (Lipinski definition) is 3. The highest BCUT2D eigenvalue weighted by Gasteiger charge is 2.28. The lowest BCUT2D eigenvalue weighted by Crippen LogP contribution is -2.26. The van der Waals surface area contributed by atoms with E-state index in [1.54, 1.807) is 12.1 Å². The number of carbonyl (C=O) groups excluding carboxylic acids is 1. The number of aromatic hydroxyl groups is 1. The summed E-state index contributed by atoms with van der Waals surface area (Å²) in [6.45, 7) is 0.122. The molecule has 1 aliphatic carbocycles. The third-order valence-corrected chi connectivity index (χ3v) is 5.15. The molecule has 0 saturated heterocycles. The van der Waals surface area contributed by atoms with Crippen molar-refractivity contribution in [2.75, 3.05) is 13.2 Å². The largest absolute Gasteiger partial charge is 0.508 e. The molecular weight excluding hydrogens is 378 g/mol. The molecule has 0 bridgehead atoms. The van der Waals surface area contributed by atoms with E-state index in [2.05, 4.69) is 41.4 Å². The van der Waals surface area contributed by atoms with Crippen LogP contribution in [0.1, 0.15) is 28.2 Å². The summed E-state index contributed by atoms with van der Waals surface area (Å²) in [4.78, 5) is 12.1. The number of fused-ring (bicyclic) bond motifs is 3. The van der Waals surface area contributed by atoms with E-state index >= 15 is 0 Å². The number of carbonyl (C=O) groups is 1. The minimum absolute atomic E-state index is 0.0168. The first-order chi connectivity index (χ1) is 14.7. The molecule has 5 nitrogen and oxygen atoms in total. The Hall–Kier alpha value is -3.75. The monoisotopic (exact) mass is 399 g/mol. The first-order valence-electron chi connectivity index (χ1n) is 9.68. The van der Waals surface area contributed by atoms with Crippen molar-refractivity contribution < 1.29 is 19.7 Å². The van der Waals surface area contributed by atoms with Crippen molar-refractivity contribution in [2.24, 2.45) is 0 Å². The minimum atomic E-state index is -0.520. The Morgan fingerprint density at radius 3 is 2.33 bits per heavy atom. The summed E-state index contributed by atoms with van der Waals surface area (Å²) in [6, 6.07) is 21.1. The zero-order chi connectivity index (χ0) is 20.9. The lowest BCUT2D eigenvalue weighted by molar-refractivity contribution is 0.144. The lowest BCUT2D eigenvalue weighted by Gasteiger charge is -2.14. The molecule has 3 aromatic carbocycles. The number of amides is 1. The van der Waals surface area contributed by atoms with Gasteiger partial charge in [-0.05, 0) is 40.5 Å². The summed E-state index contributed by atoms with van der Waals surface area (Å²) >= 11 is 0. The Bertz CT molecular complexity index is 1100. The van der Waals surface area contributed by atoms with E-state index in [1.165, 1.54) is 28.3 Å². The fourth-order valence-electron chi connectivity index (χ4n) is 3.70. The topological polar surface area (TPSA) is 78.8 Å². The molecule has 0 unspecified atom stereocenters. The van der Waals surface area contributed by atoms with Gasteiger partial charge in [0.15, 0.2) is 0 Å². The van der Waals surface area contributed by atoms with Crippen LogP contribution in [-0.2, 0) is 11.3 Å². The van der Waals surface area contributed by atoms with Crippen molar-refractivity contribution in [1.29, 1.82) is 0 Å². The SMILES string of the molecule is O=C(NCC#Cc1ccc(O)c(CO)c1)OCC1c2ccccc2-c2ccccc21. The first kappa shape index (κ1) is 19.6. The van der Waals surface area contributed by atoms with Gasteiger partial charge in [-0.2, -0.15) is 0 Å². The van der Waals surface area contributed by atoms with Crippen LogP contribution in [0.2, 0.25) is 0 Å². The molecule has 3 aromatic rings. The van der Waals surface area contributed by atoms with Gasteiger partial charge in [0.2, 0.25) is 0 Å². The zero-order valence-corrected chi connectivity index (χ0v) is 16.3. The summed E-state index contributed by atoms with van der Waals surface area (Å²) in [6.07, 6.45) is -0.520. The van der Waals surface area contributed by atoms with E-state index in [0.717, 1.165) is 0 Å². The van der Waals surface area contributed by atoms with Gasteiger partial charge in [0.05, 0.1) is 13.2 Å². The molecule has 5 heteroatoms. The maximum Gasteiger partial charge on any atom is 0.407 e.